The number of nitrogens with one attached hydrogen (secondary N) is 2. The third kappa shape index (κ3) is 4.32. The first kappa shape index (κ1) is 13.9. The summed E-state index contributed by atoms with van der Waals surface area (Å²) < 4.78 is 26.0. The Bertz CT molecular complexity index is 505. The van der Waals surface area contributed by atoms with Gasteiger partial charge in [0.05, 0.1) is 0 Å². The maximum Gasteiger partial charge on any atom is 0.245 e. The van der Waals surface area contributed by atoms with E-state index in [1.165, 1.54) is 18.5 Å². The fraction of sp³-hybridized carbons (Fsp3) is 0.545. The van der Waals surface area contributed by atoms with Crippen LogP contribution in [0.1, 0.15) is 26.7 Å². The summed E-state index contributed by atoms with van der Waals surface area (Å²) in [6.07, 6.45) is 4.32. The summed E-state index contributed by atoms with van der Waals surface area (Å²) in [5.41, 5.74) is -0.500. The molecule has 2 N–H and O–H groups in total. The molecule has 0 unspecified atom stereocenters. The monoisotopic (exact) mass is 258 g/mol. The Balaban J connectivity index is 2.64. The molecule has 0 aliphatic heterocycles. The third-order valence-corrected chi connectivity index (χ3v) is 3.81. The van der Waals surface area contributed by atoms with Crippen molar-refractivity contribution in [1.29, 1.82) is 0 Å². The van der Waals surface area contributed by atoms with Crippen LogP contribution in [0.25, 0.3) is 0 Å². The van der Waals surface area contributed by atoms with E-state index in [9.17, 15) is 13.2 Å². The van der Waals surface area contributed by atoms with Crippen molar-refractivity contribution in [3.8, 4) is 0 Å². The average Bonchev–Trinajstić information content (AvgIpc) is 2.24. The molecule has 0 aliphatic carbocycles. The second-order valence-electron chi connectivity index (χ2n) is 4.31. The number of aromatic amines is 1. The maximum atomic E-state index is 11.8. The molecule has 0 atom stereocenters. The normalized spacial score (nSPS) is 11.9. The molecule has 1 aromatic rings. The highest BCUT2D eigenvalue weighted by Crippen LogP contribution is 2.04. The summed E-state index contributed by atoms with van der Waals surface area (Å²) in [7, 11) is -3.68. The van der Waals surface area contributed by atoms with E-state index >= 15 is 0 Å². The van der Waals surface area contributed by atoms with Crippen LogP contribution in [0, 0.1) is 5.92 Å². The molecule has 0 saturated carbocycles. The highest BCUT2D eigenvalue weighted by Gasteiger charge is 2.16. The van der Waals surface area contributed by atoms with Crippen LogP contribution in [-0.2, 0) is 10.0 Å². The van der Waals surface area contributed by atoms with Crippen molar-refractivity contribution in [2.45, 2.75) is 31.6 Å². The van der Waals surface area contributed by atoms with Crippen LogP contribution < -0.4 is 10.2 Å². The van der Waals surface area contributed by atoms with Crippen molar-refractivity contribution in [3.63, 3.8) is 0 Å². The molecule has 0 aliphatic rings. The average molecular weight is 258 g/mol. The van der Waals surface area contributed by atoms with Gasteiger partial charge in [-0.15, -0.1) is 0 Å². The molecule has 17 heavy (non-hydrogen) atoms. The van der Waals surface area contributed by atoms with Gasteiger partial charge in [-0.25, -0.2) is 13.1 Å². The van der Waals surface area contributed by atoms with Crippen molar-refractivity contribution in [3.05, 3.63) is 28.7 Å². The van der Waals surface area contributed by atoms with Gasteiger partial charge in [0, 0.05) is 25.0 Å². The number of aromatic nitrogens is 1. The fourth-order valence-corrected chi connectivity index (χ4v) is 2.53. The van der Waals surface area contributed by atoms with E-state index in [2.05, 4.69) is 23.6 Å². The first-order valence-electron chi connectivity index (χ1n) is 5.60. The Morgan fingerprint density at radius 1 is 1.41 bits per heavy atom. The first-order valence-corrected chi connectivity index (χ1v) is 7.08. The van der Waals surface area contributed by atoms with Gasteiger partial charge in [0.2, 0.25) is 15.5 Å². The molecule has 0 fully saturated rings. The van der Waals surface area contributed by atoms with Crippen molar-refractivity contribution < 1.29 is 8.42 Å². The Kier molecular flexibility index (Phi) is 4.89. The summed E-state index contributed by atoms with van der Waals surface area (Å²) in [5, 5.41) is 0. The van der Waals surface area contributed by atoms with Crippen LogP contribution in [0.2, 0.25) is 0 Å². The van der Waals surface area contributed by atoms with Crippen molar-refractivity contribution in [1.82, 2.24) is 9.71 Å². The fourth-order valence-electron chi connectivity index (χ4n) is 1.41. The van der Waals surface area contributed by atoms with E-state index < -0.39 is 15.5 Å². The zero-order valence-corrected chi connectivity index (χ0v) is 10.9. The van der Waals surface area contributed by atoms with Crippen LogP contribution in [0.5, 0.6) is 0 Å². The second kappa shape index (κ2) is 5.97. The molecule has 0 bridgehead atoms. The summed E-state index contributed by atoms with van der Waals surface area (Å²) in [4.78, 5) is 13.7. The van der Waals surface area contributed by atoms with Crippen molar-refractivity contribution >= 4 is 10.0 Å². The number of pyridine rings is 1. The molecule has 0 spiro atoms. The van der Waals surface area contributed by atoms with Gasteiger partial charge < -0.3 is 4.98 Å². The van der Waals surface area contributed by atoms with E-state index in [-0.39, 0.29) is 4.90 Å². The Hall–Kier alpha value is -1.14. The smallest absolute Gasteiger partial charge is 0.245 e. The molecular weight excluding hydrogens is 240 g/mol. The Morgan fingerprint density at radius 3 is 2.71 bits per heavy atom. The zero-order chi connectivity index (χ0) is 12.9. The topological polar surface area (TPSA) is 79.0 Å². The zero-order valence-electron chi connectivity index (χ0n) is 10.1. The number of H-pyrrole nitrogens is 1. The SMILES string of the molecule is CC(C)CCCNS(=O)(=O)c1c[nH]ccc1=O. The summed E-state index contributed by atoms with van der Waals surface area (Å²) in [6.45, 7) is 4.52. The highest BCUT2D eigenvalue weighted by molar-refractivity contribution is 7.89. The quantitative estimate of drug-likeness (QED) is 0.750. The molecule has 96 valence electrons. The minimum absolute atomic E-state index is 0.232. The van der Waals surface area contributed by atoms with Crippen LogP contribution >= 0.6 is 0 Å². The molecule has 6 heteroatoms. The molecule has 0 radical (unpaired) electrons. The number of hydrogen-bond donors (Lipinski definition) is 2. The second-order valence-corrected chi connectivity index (χ2v) is 6.04. The lowest BCUT2D eigenvalue weighted by molar-refractivity contribution is 0.539. The number of sulfonamides is 1. The number of rotatable bonds is 6. The predicted octanol–water partition coefficient (Wildman–Crippen LogP) is 1.09. The minimum atomic E-state index is -3.68. The largest absolute Gasteiger partial charge is 0.366 e. The van der Waals surface area contributed by atoms with Gasteiger partial charge in [-0.05, 0) is 18.8 Å². The van der Waals surface area contributed by atoms with E-state index in [1.807, 2.05) is 0 Å². The van der Waals surface area contributed by atoms with E-state index in [4.69, 9.17) is 0 Å². The molecule has 5 nitrogen and oxygen atoms in total. The molecule has 1 heterocycles. The van der Waals surface area contributed by atoms with Crippen LogP contribution in [0.4, 0.5) is 0 Å². The molecule has 0 amide bonds. The van der Waals surface area contributed by atoms with Gasteiger partial charge in [-0.3, -0.25) is 4.79 Å². The van der Waals surface area contributed by atoms with Gasteiger partial charge in [0.25, 0.3) is 0 Å². The first-order chi connectivity index (χ1) is 7.93. The van der Waals surface area contributed by atoms with E-state index in [1.54, 1.807) is 0 Å². The lowest BCUT2D eigenvalue weighted by Crippen LogP contribution is -2.29. The standard InChI is InChI=1S/C11H18N2O3S/c1-9(2)4-3-6-13-17(15,16)11-8-12-7-5-10(11)14/h5,7-9,13H,3-4,6H2,1-2H3,(H,12,14). The summed E-state index contributed by atoms with van der Waals surface area (Å²) in [5.74, 6) is 0.541. The molecule has 1 aromatic heterocycles. The van der Waals surface area contributed by atoms with Gasteiger partial charge in [-0.1, -0.05) is 13.8 Å². The lowest BCUT2D eigenvalue weighted by atomic mass is 10.1. The maximum absolute atomic E-state index is 11.8. The number of hydrogen-bond acceptors (Lipinski definition) is 3. The van der Waals surface area contributed by atoms with E-state index in [0.29, 0.717) is 12.5 Å². The van der Waals surface area contributed by atoms with Gasteiger partial charge >= 0.3 is 0 Å². The van der Waals surface area contributed by atoms with Crippen molar-refractivity contribution in [2.75, 3.05) is 6.54 Å². The van der Waals surface area contributed by atoms with Gasteiger partial charge in [-0.2, -0.15) is 0 Å². The van der Waals surface area contributed by atoms with E-state index in [0.717, 1.165) is 12.8 Å². The van der Waals surface area contributed by atoms with Crippen LogP contribution in [0.3, 0.4) is 0 Å². The van der Waals surface area contributed by atoms with Crippen LogP contribution in [0.15, 0.2) is 28.2 Å². The Morgan fingerprint density at radius 2 is 2.12 bits per heavy atom. The predicted molar refractivity (Wildman–Crippen MR) is 66.3 cm³/mol. The van der Waals surface area contributed by atoms with Gasteiger partial charge in [0.15, 0.2) is 0 Å². The lowest BCUT2D eigenvalue weighted by Gasteiger charge is -2.07. The molecule has 0 saturated heterocycles. The third-order valence-electron chi connectivity index (χ3n) is 2.33. The van der Waals surface area contributed by atoms with Gasteiger partial charge in [0.1, 0.15) is 4.90 Å². The summed E-state index contributed by atoms with van der Waals surface area (Å²) >= 11 is 0. The van der Waals surface area contributed by atoms with Crippen molar-refractivity contribution in [2.24, 2.45) is 5.92 Å². The summed E-state index contributed by atoms with van der Waals surface area (Å²) in [6, 6.07) is 1.20. The Labute approximate surface area is 101 Å². The molecule has 1 rings (SSSR count). The van der Waals surface area contributed by atoms with Crippen LogP contribution in [-0.4, -0.2) is 19.9 Å². The molecule has 0 aromatic carbocycles. The minimum Gasteiger partial charge on any atom is -0.366 e. The highest BCUT2D eigenvalue weighted by atomic mass is 32.2. The molecular formula is C11H18N2O3S.